The maximum absolute atomic E-state index is 11.8. The molecule has 1 aromatic rings. The minimum absolute atomic E-state index is 0.0513. The van der Waals surface area contributed by atoms with Gasteiger partial charge in [0.05, 0.1) is 6.10 Å². The number of benzene rings is 1. The topological polar surface area (TPSA) is 49.3 Å². The minimum Gasteiger partial charge on any atom is -0.393 e. The van der Waals surface area contributed by atoms with Crippen LogP contribution < -0.4 is 5.32 Å². The lowest BCUT2D eigenvalue weighted by Gasteiger charge is -2.31. The molecule has 3 nitrogen and oxygen atoms in total. The van der Waals surface area contributed by atoms with Crippen LogP contribution in [-0.2, 0) is 0 Å². The highest BCUT2D eigenvalue weighted by Gasteiger charge is 2.28. The molecule has 0 bridgehead atoms. The van der Waals surface area contributed by atoms with Gasteiger partial charge in [-0.3, -0.25) is 4.79 Å². The predicted octanol–water partition coefficient (Wildman–Crippen LogP) is 1.66. The number of amides is 1. The maximum atomic E-state index is 11.8. The smallest absolute Gasteiger partial charge is 0.251 e. The fourth-order valence-electron chi connectivity index (χ4n) is 1.72. The maximum Gasteiger partial charge on any atom is 0.251 e. The van der Waals surface area contributed by atoms with E-state index < -0.39 is 0 Å². The molecule has 4 heteroatoms. The van der Waals surface area contributed by atoms with Gasteiger partial charge in [0.1, 0.15) is 0 Å². The van der Waals surface area contributed by atoms with Gasteiger partial charge in [0.2, 0.25) is 0 Å². The molecule has 2 N–H and O–H groups in total. The first-order valence-electron chi connectivity index (χ1n) is 5.32. The van der Waals surface area contributed by atoms with Crippen LogP contribution in [0, 0.1) is 0 Å². The van der Waals surface area contributed by atoms with E-state index in [0.29, 0.717) is 18.4 Å². The summed E-state index contributed by atoms with van der Waals surface area (Å²) in [6, 6.07) is 7.68. The number of thioether (sulfide) groups is 1. The first kappa shape index (κ1) is 11.5. The molecule has 0 unspecified atom stereocenters. The van der Waals surface area contributed by atoms with Crippen LogP contribution in [0.4, 0.5) is 0 Å². The first-order chi connectivity index (χ1) is 7.69. The van der Waals surface area contributed by atoms with Crippen molar-refractivity contribution in [2.24, 2.45) is 0 Å². The third-order valence-electron chi connectivity index (χ3n) is 2.80. The van der Waals surface area contributed by atoms with E-state index >= 15 is 0 Å². The molecule has 0 atom stereocenters. The lowest BCUT2D eigenvalue weighted by atomic mass is 9.89. The number of nitrogens with one attached hydrogen (secondary N) is 1. The van der Waals surface area contributed by atoms with Crippen LogP contribution in [0.15, 0.2) is 29.2 Å². The van der Waals surface area contributed by atoms with Gasteiger partial charge in [-0.15, -0.1) is 11.8 Å². The van der Waals surface area contributed by atoms with E-state index in [0.717, 1.165) is 4.90 Å². The average molecular weight is 237 g/mol. The third-order valence-corrected chi connectivity index (χ3v) is 3.54. The molecule has 86 valence electrons. The zero-order chi connectivity index (χ0) is 11.5. The molecule has 0 aromatic heterocycles. The zero-order valence-electron chi connectivity index (χ0n) is 9.14. The highest BCUT2D eigenvalue weighted by atomic mass is 32.2. The number of aliphatic hydroxyl groups is 1. The van der Waals surface area contributed by atoms with Crippen LogP contribution in [0.5, 0.6) is 0 Å². The van der Waals surface area contributed by atoms with Gasteiger partial charge in [-0.25, -0.2) is 0 Å². The average Bonchev–Trinajstić information content (AvgIpc) is 2.27. The Hall–Kier alpha value is -1.00. The summed E-state index contributed by atoms with van der Waals surface area (Å²) in [6.45, 7) is 0. The summed E-state index contributed by atoms with van der Waals surface area (Å²) in [7, 11) is 0. The quantitative estimate of drug-likeness (QED) is 0.786. The zero-order valence-corrected chi connectivity index (χ0v) is 9.96. The molecule has 2 rings (SSSR count). The summed E-state index contributed by atoms with van der Waals surface area (Å²) in [4.78, 5) is 12.9. The molecule has 1 fully saturated rings. The van der Waals surface area contributed by atoms with Crippen molar-refractivity contribution in [1.29, 1.82) is 0 Å². The molecule has 1 aliphatic carbocycles. The van der Waals surface area contributed by atoms with Crippen LogP contribution >= 0.6 is 11.8 Å². The molecular formula is C12H15NO2S. The summed E-state index contributed by atoms with van der Waals surface area (Å²) in [5.74, 6) is -0.0513. The van der Waals surface area contributed by atoms with Crippen molar-refractivity contribution in [1.82, 2.24) is 5.32 Å². The van der Waals surface area contributed by atoms with Crippen LogP contribution in [0.2, 0.25) is 0 Å². The number of aliphatic hydroxyl groups excluding tert-OH is 1. The van der Waals surface area contributed by atoms with Crippen LogP contribution in [0.3, 0.4) is 0 Å². The van der Waals surface area contributed by atoms with Gasteiger partial charge in [0.25, 0.3) is 5.91 Å². The molecule has 0 radical (unpaired) electrons. The Morgan fingerprint density at radius 2 is 2.00 bits per heavy atom. The Morgan fingerprint density at radius 1 is 1.38 bits per heavy atom. The normalized spacial score (nSPS) is 23.6. The first-order valence-corrected chi connectivity index (χ1v) is 6.54. The highest BCUT2D eigenvalue weighted by Crippen LogP contribution is 2.20. The minimum atomic E-state index is -0.232. The standard InChI is InChI=1S/C12H15NO2S/c1-16-11-4-2-8(3-5-11)12(15)13-9-6-10(14)7-9/h2-5,9-10,14H,6-7H2,1H3,(H,13,15). The second-order valence-electron chi connectivity index (χ2n) is 4.02. The van der Waals surface area contributed by atoms with Crippen molar-refractivity contribution in [2.75, 3.05) is 6.26 Å². The molecule has 1 aromatic carbocycles. The van der Waals surface area contributed by atoms with E-state index in [2.05, 4.69) is 5.32 Å². The van der Waals surface area contributed by atoms with E-state index in [1.165, 1.54) is 0 Å². The third kappa shape index (κ3) is 2.57. The number of carbonyl (C=O) groups is 1. The summed E-state index contributed by atoms with van der Waals surface area (Å²) < 4.78 is 0. The van der Waals surface area contributed by atoms with Gasteiger partial charge in [-0.05, 0) is 43.4 Å². The predicted molar refractivity (Wildman–Crippen MR) is 64.7 cm³/mol. The SMILES string of the molecule is CSc1ccc(C(=O)NC2CC(O)C2)cc1. The lowest BCUT2D eigenvalue weighted by Crippen LogP contribution is -2.46. The van der Waals surface area contributed by atoms with Gasteiger partial charge < -0.3 is 10.4 Å². The second-order valence-corrected chi connectivity index (χ2v) is 4.90. The molecule has 16 heavy (non-hydrogen) atoms. The Kier molecular flexibility index (Phi) is 3.51. The summed E-state index contributed by atoms with van der Waals surface area (Å²) in [6.07, 6.45) is 3.12. The van der Waals surface area contributed by atoms with Crippen molar-refractivity contribution in [2.45, 2.75) is 29.9 Å². The van der Waals surface area contributed by atoms with Crippen LogP contribution in [0.25, 0.3) is 0 Å². The number of hydrogen-bond acceptors (Lipinski definition) is 3. The molecule has 0 aliphatic heterocycles. The Morgan fingerprint density at radius 3 is 2.50 bits per heavy atom. The van der Waals surface area contributed by atoms with Crippen molar-refractivity contribution < 1.29 is 9.90 Å². The fourth-order valence-corrected chi connectivity index (χ4v) is 2.13. The van der Waals surface area contributed by atoms with Crippen molar-refractivity contribution in [3.8, 4) is 0 Å². The van der Waals surface area contributed by atoms with Gasteiger partial charge in [0, 0.05) is 16.5 Å². The monoisotopic (exact) mass is 237 g/mol. The number of rotatable bonds is 3. The van der Waals surface area contributed by atoms with E-state index in [1.54, 1.807) is 11.8 Å². The Labute approximate surface area is 99.2 Å². The summed E-state index contributed by atoms with van der Waals surface area (Å²) in [5.41, 5.74) is 0.680. The van der Waals surface area contributed by atoms with E-state index in [1.807, 2.05) is 30.5 Å². The van der Waals surface area contributed by atoms with Crippen molar-refractivity contribution in [3.63, 3.8) is 0 Å². The molecule has 1 aliphatic rings. The van der Waals surface area contributed by atoms with Gasteiger partial charge in [-0.2, -0.15) is 0 Å². The Balaban J connectivity index is 1.93. The van der Waals surface area contributed by atoms with E-state index in [4.69, 9.17) is 5.11 Å². The van der Waals surface area contributed by atoms with Gasteiger partial charge in [0.15, 0.2) is 0 Å². The Bertz CT molecular complexity index is 371. The molecular weight excluding hydrogens is 222 g/mol. The fraction of sp³-hybridized carbons (Fsp3) is 0.417. The van der Waals surface area contributed by atoms with Gasteiger partial charge in [-0.1, -0.05) is 0 Å². The van der Waals surface area contributed by atoms with Crippen LogP contribution in [-0.4, -0.2) is 29.4 Å². The second kappa shape index (κ2) is 4.89. The van der Waals surface area contributed by atoms with Crippen molar-refractivity contribution in [3.05, 3.63) is 29.8 Å². The van der Waals surface area contributed by atoms with E-state index in [-0.39, 0.29) is 18.1 Å². The summed E-state index contributed by atoms with van der Waals surface area (Å²) in [5, 5.41) is 12.0. The summed E-state index contributed by atoms with van der Waals surface area (Å²) >= 11 is 1.65. The van der Waals surface area contributed by atoms with Crippen LogP contribution in [0.1, 0.15) is 23.2 Å². The van der Waals surface area contributed by atoms with Crippen molar-refractivity contribution >= 4 is 17.7 Å². The van der Waals surface area contributed by atoms with Gasteiger partial charge >= 0.3 is 0 Å². The lowest BCUT2D eigenvalue weighted by molar-refractivity contribution is 0.0562. The molecule has 1 saturated carbocycles. The number of hydrogen-bond donors (Lipinski definition) is 2. The molecule has 0 heterocycles. The largest absolute Gasteiger partial charge is 0.393 e. The molecule has 1 amide bonds. The number of carbonyl (C=O) groups excluding carboxylic acids is 1. The highest BCUT2D eigenvalue weighted by molar-refractivity contribution is 7.98. The molecule has 0 spiro atoms. The van der Waals surface area contributed by atoms with E-state index in [9.17, 15) is 4.79 Å². The molecule has 0 saturated heterocycles.